The zero-order valence-corrected chi connectivity index (χ0v) is 12.6. The number of fused-ring (bicyclic) bond motifs is 1. The molecular formula is C16H21N3S. The zero-order valence-electron chi connectivity index (χ0n) is 11.8. The smallest absolute Gasteiger partial charge is 0.0630 e. The third-order valence-corrected chi connectivity index (χ3v) is 5.36. The van der Waals surface area contributed by atoms with Crippen molar-refractivity contribution in [3.63, 3.8) is 0 Å². The summed E-state index contributed by atoms with van der Waals surface area (Å²) >= 11 is 2.06. The Hall–Kier alpha value is -1.42. The molecule has 1 saturated carbocycles. The fourth-order valence-corrected chi connectivity index (χ4v) is 4.22. The lowest BCUT2D eigenvalue weighted by Crippen LogP contribution is -2.26. The van der Waals surface area contributed by atoms with E-state index in [-0.39, 0.29) is 0 Å². The monoisotopic (exact) mass is 287 g/mol. The molecule has 0 bridgehead atoms. The summed E-state index contributed by atoms with van der Waals surface area (Å²) in [5.41, 5.74) is 8.23. The first-order chi connectivity index (χ1) is 9.79. The van der Waals surface area contributed by atoms with Crippen LogP contribution in [0.3, 0.4) is 0 Å². The minimum absolute atomic E-state index is 0.543. The topological polar surface area (TPSA) is 50.9 Å². The fraction of sp³-hybridized carbons (Fsp3) is 0.438. The number of nitrogens with one attached hydrogen (secondary N) is 1. The van der Waals surface area contributed by atoms with E-state index >= 15 is 0 Å². The van der Waals surface area contributed by atoms with Crippen LogP contribution in [0.5, 0.6) is 0 Å². The van der Waals surface area contributed by atoms with Gasteiger partial charge in [-0.2, -0.15) is 11.8 Å². The number of rotatable bonds is 4. The summed E-state index contributed by atoms with van der Waals surface area (Å²) in [7, 11) is 0. The van der Waals surface area contributed by atoms with Crippen molar-refractivity contribution in [2.24, 2.45) is 0 Å². The van der Waals surface area contributed by atoms with Gasteiger partial charge in [0.25, 0.3) is 0 Å². The maximum atomic E-state index is 6.32. The summed E-state index contributed by atoms with van der Waals surface area (Å²) < 4.78 is 0. The van der Waals surface area contributed by atoms with Crippen LogP contribution in [-0.2, 0) is 0 Å². The van der Waals surface area contributed by atoms with Gasteiger partial charge in [-0.1, -0.05) is 19.4 Å². The number of benzene rings is 1. The Morgan fingerprint density at radius 2 is 2.25 bits per heavy atom. The van der Waals surface area contributed by atoms with Crippen LogP contribution in [0.2, 0.25) is 0 Å². The van der Waals surface area contributed by atoms with Gasteiger partial charge >= 0.3 is 0 Å². The number of nitrogen functional groups attached to an aromatic ring is 1. The Balaban J connectivity index is 1.85. The van der Waals surface area contributed by atoms with Gasteiger partial charge in [-0.25, -0.2) is 0 Å². The molecule has 0 radical (unpaired) electrons. The van der Waals surface area contributed by atoms with Crippen molar-refractivity contribution in [3.05, 3.63) is 30.6 Å². The molecule has 1 heterocycles. The van der Waals surface area contributed by atoms with Crippen LogP contribution in [0, 0.1) is 0 Å². The summed E-state index contributed by atoms with van der Waals surface area (Å²) in [6, 6.07) is 6.72. The lowest BCUT2D eigenvalue weighted by atomic mass is 10.1. The number of hydrogen-bond donors (Lipinski definition) is 2. The molecule has 3 rings (SSSR count). The fourth-order valence-electron chi connectivity index (χ4n) is 3.02. The molecule has 0 spiro atoms. The molecule has 1 aromatic heterocycles. The molecule has 1 aliphatic rings. The number of hydrogen-bond acceptors (Lipinski definition) is 4. The predicted octanol–water partition coefficient (Wildman–Crippen LogP) is 3.90. The molecule has 1 fully saturated rings. The summed E-state index contributed by atoms with van der Waals surface area (Å²) in [4.78, 5) is 4.14. The largest absolute Gasteiger partial charge is 0.397 e. The van der Waals surface area contributed by atoms with Crippen molar-refractivity contribution in [2.45, 2.75) is 37.5 Å². The van der Waals surface area contributed by atoms with Crippen LogP contribution in [-0.4, -0.2) is 22.0 Å². The molecule has 106 valence electrons. The highest BCUT2D eigenvalue weighted by Gasteiger charge is 2.27. The van der Waals surface area contributed by atoms with E-state index in [9.17, 15) is 0 Å². The Bertz CT molecular complexity index is 599. The van der Waals surface area contributed by atoms with Crippen molar-refractivity contribution in [2.75, 3.05) is 16.8 Å². The van der Waals surface area contributed by atoms with Crippen LogP contribution in [0.4, 0.5) is 11.4 Å². The first-order valence-electron chi connectivity index (χ1n) is 7.30. The van der Waals surface area contributed by atoms with Crippen LogP contribution >= 0.6 is 11.8 Å². The summed E-state index contributed by atoms with van der Waals surface area (Å²) in [5, 5.41) is 6.57. The van der Waals surface area contributed by atoms with Crippen LogP contribution in [0.25, 0.3) is 10.8 Å². The van der Waals surface area contributed by atoms with Gasteiger partial charge in [0.05, 0.1) is 11.4 Å². The zero-order chi connectivity index (χ0) is 13.9. The maximum Gasteiger partial charge on any atom is 0.0630 e. The SMILES string of the molecule is CCSC1CCCC1Nc1ccc2cnccc2c1N. The van der Waals surface area contributed by atoms with Gasteiger partial charge in [0.1, 0.15) is 0 Å². The standard InChI is InChI=1S/C16H21N3S/c1-2-20-15-5-3-4-13(15)19-14-7-6-11-10-18-9-8-12(11)16(14)17/h6-10,13,15,19H,2-5,17H2,1H3. The molecule has 0 amide bonds. The lowest BCUT2D eigenvalue weighted by molar-refractivity contribution is 0.768. The number of pyridine rings is 1. The normalized spacial score (nSPS) is 22.2. The quantitative estimate of drug-likeness (QED) is 0.837. The molecular weight excluding hydrogens is 266 g/mol. The predicted molar refractivity (Wildman–Crippen MR) is 89.3 cm³/mol. The Morgan fingerprint density at radius 3 is 3.10 bits per heavy atom. The number of anilines is 2. The first-order valence-corrected chi connectivity index (χ1v) is 8.35. The molecule has 2 aromatic rings. The van der Waals surface area contributed by atoms with Gasteiger partial charge in [0, 0.05) is 34.5 Å². The highest BCUT2D eigenvalue weighted by atomic mass is 32.2. The van der Waals surface area contributed by atoms with Gasteiger partial charge in [0.2, 0.25) is 0 Å². The summed E-state index contributed by atoms with van der Waals surface area (Å²) in [5.74, 6) is 1.18. The third-order valence-electron chi connectivity index (χ3n) is 4.04. The molecule has 2 unspecified atom stereocenters. The molecule has 1 aliphatic carbocycles. The van der Waals surface area contributed by atoms with Crippen LogP contribution in [0.1, 0.15) is 26.2 Å². The minimum Gasteiger partial charge on any atom is -0.397 e. The minimum atomic E-state index is 0.543. The van der Waals surface area contributed by atoms with E-state index < -0.39 is 0 Å². The third kappa shape index (κ3) is 2.57. The van der Waals surface area contributed by atoms with E-state index in [1.54, 1.807) is 6.20 Å². The number of aromatic nitrogens is 1. The second kappa shape index (κ2) is 5.92. The van der Waals surface area contributed by atoms with E-state index in [0.29, 0.717) is 11.3 Å². The average Bonchev–Trinajstić information content (AvgIpc) is 2.90. The first kappa shape index (κ1) is 13.6. The van der Waals surface area contributed by atoms with Gasteiger partial charge in [-0.15, -0.1) is 0 Å². The van der Waals surface area contributed by atoms with Crippen molar-refractivity contribution >= 4 is 33.9 Å². The van der Waals surface area contributed by atoms with Gasteiger partial charge < -0.3 is 11.1 Å². The number of nitrogens with two attached hydrogens (primary N) is 1. The van der Waals surface area contributed by atoms with E-state index in [4.69, 9.17) is 5.73 Å². The molecule has 0 saturated heterocycles. The van der Waals surface area contributed by atoms with E-state index in [1.807, 2.05) is 12.3 Å². The second-order valence-electron chi connectivity index (χ2n) is 5.30. The summed E-state index contributed by atoms with van der Waals surface area (Å²) in [6.07, 6.45) is 7.53. The molecule has 20 heavy (non-hydrogen) atoms. The van der Waals surface area contributed by atoms with E-state index in [0.717, 1.165) is 22.1 Å². The molecule has 3 nitrogen and oxygen atoms in total. The maximum absolute atomic E-state index is 6.32. The van der Waals surface area contributed by atoms with Crippen molar-refractivity contribution in [1.82, 2.24) is 4.98 Å². The number of nitrogens with zero attached hydrogens (tertiary/aromatic N) is 1. The Kier molecular flexibility index (Phi) is 4.01. The highest BCUT2D eigenvalue weighted by molar-refractivity contribution is 7.99. The molecule has 0 aliphatic heterocycles. The number of thioether (sulfide) groups is 1. The van der Waals surface area contributed by atoms with E-state index in [1.165, 1.54) is 25.0 Å². The molecule has 1 aromatic carbocycles. The lowest BCUT2D eigenvalue weighted by Gasteiger charge is -2.22. The van der Waals surface area contributed by atoms with Crippen molar-refractivity contribution in [1.29, 1.82) is 0 Å². The van der Waals surface area contributed by atoms with Gasteiger partial charge in [-0.3, -0.25) is 4.98 Å². The van der Waals surface area contributed by atoms with Crippen molar-refractivity contribution < 1.29 is 0 Å². The molecule has 2 atom stereocenters. The van der Waals surface area contributed by atoms with Gasteiger partial charge in [-0.05, 0) is 30.7 Å². The van der Waals surface area contributed by atoms with Crippen molar-refractivity contribution in [3.8, 4) is 0 Å². The highest BCUT2D eigenvalue weighted by Crippen LogP contribution is 2.35. The Labute approximate surface area is 124 Å². The van der Waals surface area contributed by atoms with Crippen LogP contribution < -0.4 is 11.1 Å². The molecule has 3 N–H and O–H groups in total. The average molecular weight is 287 g/mol. The summed E-state index contributed by atoms with van der Waals surface area (Å²) in [6.45, 7) is 2.23. The Morgan fingerprint density at radius 1 is 1.35 bits per heavy atom. The second-order valence-corrected chi connectivity index (χ2v) is 6.82. The molecule has 4 heteroatoms. The van der Waals surface area contributed by atoms with Crippen LogP contribution in [0.15, 0.2) is 30.6 Å². The van der Waals surface area contributed by atoms with E-state index in [2.05, 4.69) is 41.1 Å². The van der Waals surface area contributed by atoms with Gasteiger partial charge in [0.15, 0.2) is 0 Å².